The normalized spacial score (nSPS) is 14.7. The number of methoxy groups -OCH3 is 1. The molecule has 66 heavy (non-hydrogen) atoms. The van der Waals surface area contributed by atoms with E-state index in [1.54, 1.807) is 18.6 Å². The van der Waals surface area contributed by atoms with Crippen molar-refractivity contribution in [3.63, 3.8) is 0 Å². The molecule has 1 atom stereocenters. The van der Waals surface area contributed by atoms with Crippen molar-refractivity contribution in [2.24, 2.45) is 0 Å². The van der Waals surface area contributed by atoms with Gasteiger partial charge in [0.2, 0.25) is 5.95 Å². The summed E-state index contributed by atoms with van der Waals surface area (Å²) in [5.41, 5.74) is 0.240. The Kier molecular flexibility index (Phi) is 22.2. The Balaban J connectivity index is 0.000000355. The minimum atomic E-state index is -4.45. The van der Waals surface area contributed by atoms with Gasteiger partial charge in [-0.05, 0) is 87.0 Å². The maximum absolute atomic E-state index is 14.3. The fourth-order valence-corrected chi connectivity index (χ4v) is 7.08. The first-order chi connectivity index (χ1) is 30.5. The summed E-state index contributed by atoms with van der Waals surface area (Å²) >= 11 is 6.04. The van der Waals surface area contributed by atoms with Gasteiger partial charge in [-0.25, -0.2) is 32.0 Å². The molecule has 5 N–H and O–H groups in total. The molecule has 2 fully saturated rings. The molecule has 1 aliphatic heterocycles. The van der Waals surface area contributed by atoms with Crippen molar-refractivity contribution < 1.29 is 78.8 Å². The van der Waals surface area contributed by atoms with Crippen molar-refractivity contribution in [1.29, 1.82) is 0 Å². The number of alkyl halides is 3. The number of carbonyl (C=O) groups is 4. The van der Waals surface area contributed by atoms with Gasteiger partial charge in [-0.15, -0.1) is 0 Å². The number of urea groups is 1. The molecular formula is C38H49ClF4N7O13PS2. The van der Waals surface area contributed by atoms with Gasteiger partial charge in [0, 0.05) is 12.5 Å². The number of cyclic esters (lactones) is 1. The third-order valence-corrected chi connectivity index (χ3v) is 10.3. The molecule has 1 saturated carbocycles. The fourth-order valence-electron chi connectivity index (χ4n) is 5.31. The molecular weight excluding hydrogens is 969 g/mol. The first-order valence-electron chi connectivity index (χ1n) is 19.1. The van der Waals surface area contributed by atoms with E-state index in [1.807, 2.05) is 5.32 Å². The summed E-state index contributed by atoms with van der Waals surface area (Å²) in [5, 5.41) is 12.2. The number of rotatable bonds is 13. The number of carboxylic acids is 1. The van der Waals surface area contributed by atoms with Crippen LogP contribution in [0.25, 0.3) is 0 Å². The Labute approximate surface area is 385 Å². The van der Waals surface area contributed by atoms with Crippen LogP contribution >= 0.6 is 19.2 Å². The average Bonchev–Trinajstić information content (AvgIpc) is 3.80. The standard InChI is InChI=1S/C17H17ClFNO4.C15H16F3N5O4S.C3H8NO5P.C3H9S/c1-9(2)15-16(21)20(17(22)24-15)13-8-14(11(18)7-12(13)19)23-10-5-3-4-6-10;1-9-19-12(22-14(20-9)27-2)21-13(24)23-28(25,26)11-6-4-3-5-10(11)7-8-15(16,17)18;5-3(6)1-4-2-10(7,8)9;1-4(2)3/h7-8,10H,3-6H2,1-2H3;3-6H,7-8H2,1-2H3,(H2,19,20,21,22,23,24);4H,1-2H2,(H,5,6)(H2,7,8,9);1-3H3/q;;;+1/p-1. The van der Waals surface area contributed by atoms with E-state index in [0.717, 1.165) is 37.8 Å². The number of carboxylic acid groups (broad SMARTS) is 1. The lowest BCUT2D eigenvalue weighted by Gasteiger charge is -2.18. The summed E-state index contributed by atoms with van der Waals surface area (Å²) in [6.45, 7) is 4.29. The number of aryl methyl sites for hydroxylation is 2. The van der Waals surface area contributed by atoms with Crippen molar-refractivity contribution in [3.05, 3.63) is 70.0 Å². The number of nitrogens with one attached hydrogen (secondary N) is 3. The minimum absolute atomic E-state index is 0.00962. The molecule has 0 radical (unpaired) electrons. The van der Waals surface area contributed by atoms with E-state index < -0.39 is 84.2 Å². The molecule has 28 heteroatoms. The van der Waals surface area contributed by atoms with Gasteiger partial charge in [0.05, 0.1) is 60.4 Å². The molecule has 1 saturated heterocycles. The van der Waals surface area contributed by atoms with Crippen LogP contribution < -0.4 is 34.6 Å². The summed E-state index contributed by atoms with van der Waals surface area (Å²) in [6, 6.07) is 6.14. The van der Waals surface area contributed by atoms with E-state index in [-0.39, 0.29) is 51.7 Å². The number of nitrogens with zero attached hydrogens (tertiary/aromatic N) is 4. The second kappa shape index (κ2) is 25.7. The number of halogens is 5. The zero-order valence-corrected chi connectivity index (χ0v) is 39.8. The van der Waals surface area contributed by atoms with E-state index in [1.165, 1.54) is 38.3 Å². The maximum Gasteiger partial charge on any atom is 0.427 e. The van der Waals surface area contributed by atoms with E-state index in [0.29, 0.717) is 21.4 Å². The molecule has 2 heterocycles. The fraction of sp³-hybridized carbons (Fsp3) is 0.447. The number of benzene rings is 2. The molecule has 3 aromatic rings. The number of aliphatic carboxylic acids is 1. The van der Waals surface area contributed by atoms with Gasteiger partial charge in [0.15, 0.2) is 5.76 Å². The quantitative estimate of drug-likeness (QED) is 0.0617. The number of anilines is 2. The molecule has 20 nitrogen and oxygen atoms in total. The number of allylic oxidation sites excluding steroid dienone is 1. The van der Waals surface area contributed by atoms with Crippen LogP contribution in [-0.2, 0) is 46.2 Å². The van der Waals surface area contributed by atoms with Crippen molar-refractivity contribution in [2.75, 3.05) is 48.9 Å². The second-order valence-electron chi connectivity index (χ2n) is 14.4. The highest BCUT2D eigenvalue weighted by Gasteiger charge is 2.40. The third-order valence-electron chi connectivity index (χ3n) is 7.95. The molecule has 5 rings (SSSR count). The van der Waals surface area contributed by atoms with Gasteiger partial charge in [0.25, 0.3) is 10.0 Å². The Morgan fingerprint density at radius 1 is 1.09 bits per heavy atom. The van der Waals surface area contributed by atoms with E-state index in [2.05, 4.69) is 39.0 Å². The van der Waals surface area contributed by atoms with Crippen LogP contribution in [0.5, 0.6) is 11.8 Å². The maximum atomic E-state index is 14.3. The SMILES string of the molecule is CC(C)=C1OC(=O)N(c2cc(OC3CCCC3)c(Cl)cc2F)C1=O.COc1nc(C)nc(NC(=O)NS(=O)(=O)c2ccccc2CCC(F)(F)F)n1.C[S+](C)C.O=C(O)CNCP(=O)([O-])O. The molecule has 1 unspecified atom stereocenters. The third kappa shape index (κ3) is 20.2. The lowest BCUT2D eigenvalue weighted by atomic mass is 10.1. The minimum Gasteiger partial charge on any atom is -0.778 e. The van der Waals surface area contributed by atoms with Crippen LogP contribution in [0.2, 0.25) is 5.02 Å². The molecule has 1 aromatic heterocycles. The molecule has 4 amide bonds. The number of ether oxygens (including phenoxy) is 3. The number of hydrogen-bond donors (Lipinski definition) is 5. The Bertz CT molecular complexity index is 2380. The van der Waals surface area contributed by atoms with Crippen LogP contribution in [0.15, 0.2) is 52.6 Å². The summed E-state index contributed by atoms with van der Waals surface area (Å²) in [5.74, 6) is -2.55. The average molecular weight is 1020 g/mol. The Morgan fingerprint density at radius 3 is 2.23 bits per heavy atom. The summed E-state index contributed by atoms with van der Waals surface area (Å²) in [4.78, 5) is 75.7. The number of hydrogen-bond acceptors (Lipinski definition) is 15. The lowest BCUT2D eigenvalue weighted by Crippen LogP contribution is -2.35. The number of carbonyl (C=O) groups excluding carboxylic acids is 3. The highest BCUT2D eigenvalue weighted by molar-refractivity contribution is 7.94. The zero-order chi connectivity index (χ0) is 50.2. The Hall–Kier alpha value is -5.11. The van der Waals surface area contributed by atoms with Crippen molar-refractivity contribution >= 4 is 75.8 Å². The van der Waals surface area contributed by atoms with E-state index in [4.69, 9.17) is 35.8 Å². The van der Waals surface area contributed by atoms with Gasteiger partial charge >= 0.3 is 36.2 Å². The topological polar surface area (TPSA) is 289 Å². The number of imide groups is 1. The summed E-state index contributed by atoms with van der Waals surface area (Å²) < 4.78 is 104. The van der Waals surface area contributed by atoms with Gasteiger partial charge < -0.3 is 33.7 Å². The van der Waals surface area contributed by atoms with Gasteiger partial charge in [-0.3, -0.25) is 20.2 Å². The van der Waals surface area contributed by atoms with Crippen molar-refractivity contribution in [3.8, 4) is 11.8 Å². The molecule has 2 aliphatic rings. The first kappa shape index (κ1) is 57.0. The van der Waals surface area contributed by atoms with Gasteiger partial charge in [-0.2, -0.15) is 28.1 Å². The summed E-state index contributed by atoms with van der Waals surface area (Å²) in [7, 11) is -6.85. The zero-order valence-electron chi connectivity index (χ0n) is 36.5. The monoisotopic (exact) mass is 1020 g/mol. The number of amides is 4. The molecule has 366 valence electrons. The number of aromatic nitrogens is 3. The van der Waals surface area contributed by atoms with Crippen LogP contribution in [0.1, 0.15) is 57.3 Å². The number of sulfonamides is 1. The van der Waals surface area contributed by atoms with Crippen LogP contribution in [0, 0.1) is 12.7 Å². The predicted molar refractivity (Wildman–Crippen MR) is 233 cm³/mol. The predicted octanol–water partition coefficient (Wildman–Crippen LogP) is 5.43. The summed E-state index contributed by atoms with van der Waals surface area (Å²) in [6.07, 6.45) is 2.68. The van der Waals surface area contributed by atoms with Crippen molar-refractivity contribution in [1.82, 2.24) is 25.0 Å². The molecule has 2 aromatic carbocycles. The van der Waals surface area contributed by atoms with Crippen LogP contribution in [-0.4, -0.2) is 108 Å². The second-order valence-corrected chi connectivity index (χ2v) is 20.5. The molecule has 0 spiro atoms. The van der Waals surface area contributed by atoms with Crippen LogP contribution in [0.3, 0.4) is 0 Å². The van der Waals surface area contributed by atoms with Crippen molar-refractivity contribution in [2.45, 2.75) is 76.5 Å². The van der Waals surface area contributed by atoms with Crippen LogP contribution in [0.4, 0.5) is 38.8 Å². The van der Waals surface area contributed by atoms with Gasteiger partial charge in [0.1, 0.15) is 25.0 Å². The smallest absolute Gasteiger partial charge is 0.427 e. The van der Waals surface area contributed by atoms with E-state index in [9.17, 15) is 54.6 Å². The first-order valence-corrected chi connectivity index (χ1v) is 25.2. The lowest BCUT2D eigenvalue weighted by molar-refractivity contribution is -0.193. The Morgan fingerprint density at radius 2 is 1.70 bits per heavy atom. The molecule has 0 bridgehead atoms. The highest BCUT2D eigenvalue weighted by Crippen LogP contribution is 2.37. The van der Waals surface area contributed by atoms with Gasteiger partial charge in [-0.1, -0.05) is 29.8 Å². The highest BCUT2D eigenvalue weighted by atomic mass is 35.5. The van der Waals surface area contributed by atoms with E-state index >= 15 is 0 Å². The molecule has 1 aliphatic carbocycles. The largest absolute Gasteiger partial charge is 0.778 e.